The van der Waals surface area contributed by atoms with Crippen molar-refractivity contribution in [2.75, 3.05) is 6.61 Å². The van der Waals surface area contributed by atoms with Crippen molar-refractivity contribution in [3.05, 3.63) is 12.2 Å². The Balaban J connectivity index is 4.26. The van der Waals surface area contributed by atoms with Gasteiger partial charge in [0.2, 0.25) is 0 Å². The Morgan fingerprint density at radius 2 is 0.623 bits per heavy atom. The number of carbonyl (C=O) groups is 3. The molecule has 3 atom stereocenters. The molecule has 0 saturated heterocycles. The molecule has 3 N–H and O–H groups in total. The Kier molecular flexibility index (Phi) is 47.0. The van der Waals surface area contributed by atoms with Crippen LogP contribution in [-0.2, 0) is 14.4 Å². The highest BCUT2D eigenvalue weighted by molar-refractivity contribution is 6.02. The van der Waals surface area contributed by atoms with Crippen molar-refractivity contribution in [2.24, 2.45) is 5.92 Å². The molecule has 6 nitrogen and oxygen atoms in total. The van der Waals surface area contributed by atoms with E-state index >= 15 is 0 Å². The second-order valence-electron chi connectivity index (χ2n) is 19.0. The topological polar surface area (TPSA) is 112 Å². The molecule has 0 aliphatic carbocycles. The third-order valence-electron chi connectivity index (χ3n) is 13.0. The summed E-state index contributed by atoms with van der Waals surface area (Å²) in [5.41, 5.74) is 0. The molecule has 0 bridgehead atoms. The number of Topliss-reactive ketones (excluding diaryl/α,β-unsaturated/α-hetero) is 3. The number of carbonyl (C=O) groups excluding carboxylic acids is 3. The van der Waals surface area contributed by atoms with Gasteiger partial charge in [-0.1, -0.05) is 238 Å². The number of allylic oxidation sites excluding steroid dienone is 2. The van der Waals surface area contributed by atoms with Gasteiger partial charge in [0.25, 0.3) is 0 Å². The van der Waals surface area contributed by atoms with Gasteiger partial charge in [-0.2, -0.15) is 0 Å². The molecule has 61 heavy (non-hydrogen) atoms. The van der Waals surface area contributed by atoms with Crippen LogP contribution in [0.3, 0.4) is 0 Å². The van der Waals surface area contributed by atoms with E-state index in [9.17, 15) is 24.6 Å². The van der Waals surface area contributed by atoms with Crippen molar-refractivity contribution in [1.29, 1.82) is 0 Å². The molecule has 6 heteroatoms. The first kappa shape index (κ1) is 59.6. The normalized spacial score (nSPS) is 13.3. The van der Waals surface area contributed by atoms with Crippen LogP contribution in [-0.4, -0.2) is 51.5 Å². The summed E-state index contributed by atoms with van der Waals surface area (Å²) in [7, 11) is 0. The number of hydrogen-bond acceptors (Lipinski definition) is 6. The van der Waals surface area contributed by atoms with Gasteiger partial charge in [-0.3, -0.25) is 14.4 Å². The number of hydrogen-bond donors (Lipinski definition) is 3. The number of aliphatic hydroxyl groups excluding tert-OH is 3. The van der Waals surface area contributed by atoms with E-state index in [2.05, 4.69) is 26.0 Å². The molecule has 0 aromatic heterocycles. The quantitative estimate of drug-likeness (QED) is 0.0319. The molecule has 0 aliphatic heterocycles. The standard InChI is InChI=1S/C55H104O6/c1-3-5-7-9-11-13-15-17-19-22-26-30-34-38-42-46-51(57)50(45-41-37-33-29-25-21-18-16-14-12-10-8-6-4-2)52(58)47-43-39-35-31-27-23-20-24-28-32-36-40-44-48-53(59)55(61)54(60)49-56/h17,19,50,54-56,60-61H,3-16,18,20-49H2,1-2H3/b19-17-. The van der Waals surface area contributed by atoms with Gasteiger partial charge < -0.3 is 15.3 Å². The van der Waals surface area contributed by atoms with Crippen LogP contribution in [0.2, 0.25) is 0 Å². The molecule has 0 spiro atoms. The van der Waals surface area contributed by atoms with Crippen molar-refractivity contribution < 1.29 is 29.7 Å². The van der Waals surface area contributed by atoms with Gasteiger partial charge in [-0.05, 0) is 51.4 Å². The number of unbranched alkanes of at least 4 members (excludes halogenated alkanes) is 36. The van der Waals surface area contributed by atoms with Crippen LogP contribution in [0.1, 0.15) is 296 Å². The van der Waals surface area contributed by atoms with Gasteiger partial charge >= 0.3 is 0 Å². The lowest BCUT2D eigenvalue weighted by atomic mass is 9.87. The second kappa shape index (κ2) is 48.1. The van der Waals surface area contributed by atoms with E-state index in [1.807, 2.05) is 0 Å². The van der Waals surface area contributed by atoms with E-state index in [0.29, 0.717) is 19.3 Å². The summed E-state index contributed by atoms with van der Waals surface area (Å²) in [5.74, 6) is -0.308. The number of aliphatic hydroxyl groups is 3. The van der Waals surface area contributed by atoms with Crippen molar-refractivity contribution in [2.45, 2.75) is 309 Å². The van der Waals surface area contributed by atoms with Crippen molar-refractivity contribution in [3.8, 4) is 0 Å². The Labute approximate surface area is 379 Å². The van der Waals surface area contributed by atoms with E-state index in [4.69, 9.17) is 5.11 Å². The Morgan fingerprint density at radius 1 is 0.361 bits per heavy atom. The van der Waals surface area contributed by atoms with Gasteiger partial charge in [0.05, 0.1) is 12.5 Å². The first-order valence-electron chi connectivity index (χ1n) is 27.1. The molecule has 3 unspecified atom stereocenters. The average molecular weight is 861 g/mol. The minimum Gasteiger partial charge on any atom is -0.394 e. The zero-order valence-corrected chi connectivity index (χ0v) is 40.8. The molecule has 0 aliphatic rings. The fourth-order valence-electron chi connectivity index (χ4n) is 8.77. The van der Waals surface area contributed by atoms with E-state index in [1.165, 1.54) is 193 Å². The van der Waals surface area contributed by atoms with E-state index in [1.54, 1.807) is 0 Å². The maximum atomic E-state index is 13.5. The summed E-state index contributed by atoms with van der Waals surface area (Å²) in [6.45, 7) is 3.95. The molecular weight excluding hydrogens is 757 g/mol. The van der Waals surface area contributed by atoms with Crippen LogP contribution in [0.25, 0.3) is 0 Å². The third kappa shape index (κ3) is 41.1. The van der Waals surface area contributed by atoms with Gasteiger partial charge in [0.1, 0.15) is 23.8 Å². The van der Waals surface area contributed by atoms with E-state index in [-0.39, 0.29) is 29.7 Å². The van der Waals surface area contributed by atoms with Crippen molar-refractivity contribution >= 4 is 17.3 Å². The lowest BCUT2D eigenvalue weighted by Gasteiger charge is -2.15. The highest BCUT2D eigenvalue weighted by Crippen LogP contribution is 2.22. The molecule has 0 aromatic carbocycles. The first-order valence-corrected chi connectivity index (χ1v) is 27.1. The molecule has 0 heterocycles. The van der Waals surface area contributed by atoms with Gasteiger partial charge in [-0.25, -0.2) is 0 Å². The largest absolute Gasteiger partial charge is 0.394 e. The summed E-state index contributed by atoms with van der Waals surface area (Å²) in [6.07, 6.45) is 53.3. The molecule has 0 amide bonds. The summed E-state index contributed by atoms with van der Waals surface area (Å²) < 4.78 is 0. The van der Waals surface area contributed by atoms with E-state index < -0.39 is 18.8 Å². The number of rotatable bonds is 51. The van der Waals surface area contributed by atoms with E-state index in [0.717, 1.165) is 64.2 Å². The first-order chi connectivity index (χ1) is 29.9. The maximum absolute atomic E-state index is 13.5. The second-order valence-corrected chi connectivity index (χ2v) is 19.0. The average Bonchev–Trinajstić information content (AvgIpc) is 3.26. The summed E-state index contributed by atoms with van der Waals surface area (Å²) >= 11 is 0. The molecule has 0 radical (unpaired) electrons. The van der Waals surface area contributed by atoms with Crippen LogP contribution in [0.5, 0.6) is 0 Å². The van der Waals surface area contributed by atoms with Crippen molar-refractivity contribution in [3.63, 3.8) is 0 Å². The maximum Gasteiger partial charge on any atom is 0.164 e. The van der Waals surface area contributed by atoms with Crippen LogP contribution in [0.4, 0.5) is 0 Å². The highest BCUT2D eigenvalue weighted by atomic mass is 16.4. The monoisotopic (exact) mass is 861 g/mol. The molecule has 0 saturated carbocycles. The molecule has 0 rings (SSSR count). The molecule has 0 aromatic rings. The van der Waals surface area contributed by atoms with Gasteiger partial charge in [0, 0.05) is 19.3 Å². The fourth-order valence-corrected chi connectivity index (χ4v) is 8.77. The minimum atomic E-state index is -1.47. The summed E-state index contributed by atoms with van der Waals surface area (Å²) in [6, 6.07) is 0. The third-order valence-corrected chi connectivity index (χ3v) is 13.0. The summed E-state index contributed by atoms with van der Waals surface area (Å²) in [4.78, 5) is 38.7. The molecule has 360 valence electrons. The molecular formula is C55H104O6. The lowest BCUT2D eigenvalue weighted by molar-refractivity contribution is -0.135. The fraction of sp³-hybridized carbons (Fsp3) is 0.909. The van der Waals surface area contributed by atoms with Crippen LogP contribution < -0.4 is 0 Å². The van der Waals surface area contributed by atoms with Crippen LogP contribution >= 0.6 is 0 Å². The lowest BCUT2D eigenvalue weighted by Crippen LogP contribution is -2.36. The summed E-state index contributed by atoms with van der Waals surface area (Å²) in [5, 5.41) is 27.9. The predicted octanol–water partition coefficient (Wildman–Crippen LogP) is 15.8. The Morgan fingerprint density at radius 3 is 0.934 bits per heavy atom. The Bertz CT molecular complexity index is 977. The smallest absolute Gasteiger partial charge is 0.164 e. The van der Waals surface area contributed by atoms with Gasteiger partial charge in [0.15, 0.2) is 5.78 Å². The van der Waals surface area contributed by atoms with Crippen molar-refractivity contribution in [1.82, 2.24) is 0 Å². The van der Waals surface area contributed by atoms with Crippen LogP contribution in [0.15, 0.2) is 12.2 Å². The van der Waals surface area contributed by atoms with Gasteiger partial charge in [-0.15, -0.1) is 0 Å². The predicted molar refractivity (Wildman–Crippen MR) is 261 cm³/mol. The SMILES string of the molecule is CCCCCCCC/C=C\CCCCCCCC(=O)C(CCCCCCCCCCCCCCCC)C(=O)CCCCCCCCCCCCCCCC(=O)C(O)C(O)CO. The number of ketones is 3. The zero-order valence-electron chi connectivity index (χ0n) is 40.8. The minimum absolute atomic E-state index is 0.220. The zero-order chi connectivity index (χ0) is 44.7. The molecule has 0 fully saturated rings. The highest BCUT2D eigenvalue weighted by Gasteiger charge is 2.25. The Hall–Kier alpha value is -1.37. The van der Waals surface area contributed by atoms with Crippen LogP contribution in [0, 0.1) is 5.92 Å².